The Morgan fingerprint density at radius 2 is 1.41 bits per heavy atom. The number of nitrogen functional groups attached to an aromatic ring is 1. The van der Waals surface area contributed by atoms with Crippen molar-refractivity contribution in [3.63, 3.8) is 0 Å². The van der Waals surface area contributed by atoms with Crippen LogP contribution in [-0.2, 0) is 4.74 Å². The van der Waals surface area contributed by atoms with E-state index < -0.39 is 17.4 Å². The topological polar surface area (TPSA) is 138 Å². The molecule has 174 valence electrons. The molecule has 0 radical (unpaired) electrons. The summed E-state index contributed by atoms with van der Waals surface area (Å²) < 4.78 is 6.05. The lowest BCUT2D eigenvalue weighted by Gasteiger charge is -2.16. The predicted octanol–water partition coefficient (Wildman–Crippen LogP) is 3.25. The van der Waals surface area contributed by atoms with E-state index in [1.807, 2.05) is 0 Å². The standard InChI is InChI=1S/C25H23N3O6/c1-4-34-25(33)20-13-21(23(31)27-18-9-5-16(6-10-18)14(2)29)24(32)28(22(20)26)19-11-7-17(8-12-19)15(3)30/h5-13H,4,26H2,1-3H3,(H,27,31). The monoisotopic (exact) mass is 461 g/mol. The smallest absolute Gasteiger partial charge is 0.341 e. The van der Waals surface area contributed by atoms with Crippen molar-refractivity contribution in [1.82, 2.24) is 4.57 Å². The van der Waals surface area contributed by atoms with Gasteiger partial charge in [0.05, 0.1) is 12.3 Å². The number of carbonyl (C=O) groups excluding carboxylic acids is 4. The molecule has 2 aromatic carbocycles. The number of anilines is 2. The van der Waals surface area contributed by atoms with Crippen molar-refractivity contribution >= 4 is 34.9 Å². The van der Waals surface area contributed by atoms with Crippen molar-refractivity contribution < 1.29 is 23.9 Å². The molecule has 0 unspecified atom stereocenters. The first-order valence-corrected chi connectivity index (χ1v) is 10.4. The van der Waals surface area contributed by atoms with Crippen LogP contribution in [0.4, 0.5) is 11.5 Å². The van der Waals surface area contributed by atoms with Gasteiger partial charge in [-0.3, -0.25) is 23.7 Å². The quantitative estimate of drug-likeness (QED) is 0.407. The van der Waals surface area contributed by atoms with Crippen molar-refractivity contribution in [2.75, 3.05) is 17.7 Å². The fraction of sp³-hybridized carbons (Fsp3) is 0.160. The molecule has 0 aliphatic carbocycles. The number of Topliss-reactive ketones (excluding diaryl/α,β-unsaturated/α-hetero) is 2. The summed E-state index contributed by atoms with van der Waals surface area (Å²) in [5.41, 5.74) is 6.37. The van der Waals surface area contributed by atoms with Gasteiger partial charge in [0.25, 0.3) is 11.5 Å². The van der Waals surface area contributed by atoms with Crippen LogP contribution < -0.4 is 16.6 Å². The number of hydrogen-bond acceptors (Lipinski definition) is 7. The lowest BCUT2D eigenvalue weighted by atomic mass is 10.1. The van der Waals surface area contributed by atoms with E-state index in [-0.39, 0.29) is 40.8 Å². The van der Waals surface area contributed by atoms with Crippen molar-refractivity contribution in [3.05, 3.63) is 87.2 Å². The Bertz CT molecular complexity index is 1340. The number of esters is 1. The molecule has 0 saturated heterocycles. The molecule has 0 saturated carbocycles. The molecule has 0 spiro atoms. The van der Waals surface area contributed by atoms with Crippen molar-refractivity contribution in [2.24, 2.45) is 0 Å². The number of nitrogens with zero attached hydrogens (tertiary/aromatic N) is 1. The third-order valence-corrected chi connectivity index (χ3v) is 5.06. The first-order chi connectivity index (χ1) is 16.1. The number of ketones is 2. The van der Waals surface area contributed by atoms with Crippen LogP contribution in [0.5, 0.6) is 0 Å². The Labute approximate surface area is 195 Å². The molecule has 0 bridgehead atoms. The van der Waals surface area contributed by atoms with Crippen LogP contribution >= 0.6 is 0 Å². The first kappa shape index (κ1) is 24.1. The number of nitrogens with one attached hydrogen (secondary N) is 1. The highest BCUT2D eigenvalue weighted by Gasteiger charge is 2.23. The molecule has 1 aromatic heterocycles. The number of nitrogens with two attached hydrogens (primary N) is 1. The van der Waals surface area contributed by atoms with E-state index in [4.69, 9.17) is 10.5 Å². The third kappa shape index (κ3) is 4.93. The molecule has 0 aliphatic rings. The highest BCUT2D eigenvalue weighted by atomic mass is 16.5. The number of amides is 1. The van der Waals surface area contributed by atoms with Gasteiger partial charge in [0.1, 0.15) is 16.9 Å². The molecule has 3 N–H and O–H groups in total. The van der Waals surface area contributed by atoms with E-state index in [0.717, 1.165) is 10.6 Å². The SMILES string of the molecule is CCOC(=O)c1cc(C(=O)Nc2ccc(C(C)=O)cc2)c(=O)n(-c2ccc(C(C)=O)cc2)c1N. The molecule has 0 atom stereocenters. The minimum absolute atomic E-state index is 0.0642. The maximum absolute atomic E-state index is 13.3. The summed E-state index contributed by atoms with van der Waals surface area (Å²) in [5, 5.41) is 2.58. The fourth-order valence-corrected chi connectivity index (χ4v) is 3.25. The Morgan fingerprint density at radius 3 is 1.91 bits per heavy atom. The van der Waals surface area contributed by atoms with Gasteiger partial charge in [0.15, 0.2) is 11.6 Å². The molecule has 0 aliphatic heterocycles. The Hall–Kier alpha value is -4.53. The minimum atomic E-state index is -0.797. The number of pyridine rings is 1. The van der Waals surface area contributed by atoms with Gasteiger partial charge < -0.3 is 15.8 Å². The van der Waals surface area contributed by atoms with Gasteiger partial charge in [-0.15, -0.1) is 0 Å². The molecule has 9 heteroatoms. The van der Waals surface area contributed by atoms with Gasteiger partial charge >= 0.3 is 5.97 Å². The van der Waals surface area contributed by atoms with E-state index in [1.165, 1.54) is 50.2 Å². The minimum Gasteiger partial charge on any atom is -0.462 e. The van der Waals surface area contributed by atoms with Gasteiger partial charge in [-0.05, 0) is 75.4 Å². The van der Waals surface area contributed by atoms with Gasteiger partial charge in [-0.2, -0.15) is 0 Å². The largest absolute Gasteiger partial charge is 0.462 e. The summed E-state index contributed by atoms with van der Waals surface area (Å²) in [7, 11) is 0. The predicted molar refractivity (Wildman–Crippen MR) is 127 cm³/mol. The molecular formula is C25H23N3O6. The Morgan fingerprint density at radius 1 is 0.882 bits per heavy atom. The lowest BCUT2D eigenvalue weighted by Crippen LogP contribution is -2.32. The summed E-state index contributed by atoms with van der Waals surface area (Å²) in [5.74, 6) is -2.08. The molecular weight excluding hydrogens is 438 g/mol. The molecule has 3 aromatic rings. The summed E-state index contributed by atoms with van der Waals surface area (Å²) in [6, 6.07) is 13.2. The van der Waals surface area contributed by atoms with Crippen LogP contribution in [0.15, 0.2) is 59.4 Å². The second kappa shape index (κ2) is 9.95. The van der Waals surface area contributed by atoms with Crippen molar-refractivity contribution in [1.29, 1.82) is 0 Å². The Kier molecular flexibility index (Phi) is 7.06. The molecule has 9 nitrogen and oxygen atoms in total. The molecule has 34 heavy (non-hydrogen) atoms. The highest BCUT2D eigenvalue weighted by molar-refractivity contribution is 6.06. The summed E-state index contributed by atoms with van der Waals surface area (Å²) >= 11 is 0. The van der Waals surface area contributed by atoms with Gasteiger partial charge in [0, 0.05) is 16.8 Å². The summed E-state index contributed by atoms with van der Waals surface area (Å²) in [6.45, 7) is 4.50. The maximum atomic E-state index is 13.3. The second-order valence-corrected chi connectivity index (χ2v) is 7.41. The van der Waals surface area contributed by atoms with Crippen LogP contribution in [0, 0.1) is 0 Å². The van der Waals surface area contributed by atoms with E-state index in [0.29, 0.717) is 16.8 Å². The fourth-order valence-electron chi connectivity index (χ4n) is 3.25. The first-order valence-electron chi connectivity index (χ1n) is 10.4. The summed E-state index contributed by atoms with van der Waals surface area (Å²) in [6.07, 6.45) is 0. The average molecular weight is 461 g/mol. The zero-order chi connectivity index (χ0) is 25.0. The van der Waals surface area contributed by atoms with E-state index in [9.17, 15) is 24.0 Å². The van der Waals surface area contributed by atoms with Crippen LogP contribution in [0.25, 0.3) is 5.69 Å². The average Bonchev–Trinajstić information content (AvgIpc) is 2.80. The zero-order valence-electron chi connectivity index (χ0n) is 18.9. The number of hydrogen-bond donors (Lipinski definition) is 2. The number of aromatic nitrogens is 1. The molecule has 3 rings (SSSR count). The van der Waals surface area contributed by atoms with Gasteiger partial charge in [0.2, 0.25) is 0 Å². The van der Waals surface area contributed by atoms with E-state index in [1.54, 1.807) is 19.1 Å². The van der Waals surface area contributed by atoms with E-state index >= 15 is 0 Å². The van der Waals surface area contributed by atoms with Gasteiger partial charge in [-0.25, -0.2) is 4.79 Å². The van der Waals surface area contributed by atoms with Gasteiger partial charge in [-0.1, -0.05) is 0 Å². The number of rotatable bonds is 7. The summed E-state index contributed by atoms with van der Waals surface area (Å²) in [4.78, 5) is 61.8. The molecule has 0 fully saturated rings. The third-order valence-electron chi connectivity index (χ3n) is 5.06. The van der Waals surface area contributed by atoms with Crippen LogP contribution in [0.1, 0.15) is 62.2 Å². The van der Waals surface area contributed by atoms with Crippen molar-refractivity contribution in [2.45, 2.75) is 20.8 Å². The highest BCUT2D eigenvalue weighted by Crippen LogP contribution is 2.20. The Balaban J connectivity index is 2.11. The molecule has 1 heterocycles. The van der Waals surface area contributed by atoms with E-state index in [2.05, 4.69) is 5.32 Å². The molecule has 1 amide bonds. The number of benzene rings is 2. The van der Waals surface area contributed by atoms with Crippen LogP contribution in [0.3, 0.4) is 0 Å². The maximum Gasteiger partial charge on any atom is 0.341 e. The van der Waals surface area contributed by atoms with Crippen LogP contribution in [-0.4, -0.2) is 34.6 Å². The second-order valence-electron chi connectivity index (χ2n) is 7.41. The number of carbonyl (C=O) groups is 4. The van der Waals surface area contributed by atoms with Crippen LogP contribution in [0.2, 0.25) is 0 Å². The number of ether oxygens (including phenoxy) is 1. The van der Waals surface area contributed by atoms with Crippen molar-refractivity contribution in [3.8, 4) is 5.69 Å². The normalized spacial score (nSPS) is 10.4. The lowest BCUT2D eigenvalue weighted by molar-refractivity contribution is 0.0526. The zero-order valence-corrected chi connectivity index (χ0v) is 18.9.